The molecule has 0 N–H and O–H groups in total. The van der Waals surface area contributed by atoms with Gasteiger partial charge in [-0.15, -0.1) is 0 Å². The van der Waals surface area contributed by atoms with E-state index in [2.05, 4.69) is 19.9 Å². The predicted molar refractivity (Wildman–Crippen MR) is 100 cm³/mol. The van der Waals surface area contributed by atoms with Crippen LogP contribution in [0.1, 0.15) is 56.2 Å². The third-order valence-corrected chi connectivity index (χ3v) is 4.98. The molecule has 1 fully saturated rings. The highest BCUT2D eigenvalue weighted by Crippen LogP contribution is 2.44. The number of rotatable bonds is 5. The lowest BCUT2D eigenvalue weighted by molar-refractivity contribution is 0.370. The lowest BCUT2D eigenvalue weighted by atomic mass is 9.79. The third kappa shape index (κ3) is 3.52. The molecule has 3 aromatic rings. The lowest BCUT2D eigenvalue weighted by Gasteiger charge is -2.28. The molecule has 2 aromatic heterocycles. The largest absolute Gasteiger partial charge is 0.421 e. The molecule has 5 nitrogen and oxygen atoms in total. The molecule has 0 atom stereocenters. The summed E-state index contributed by atoms with van der Waals surface area (Å²) in [7, 11) is 0. The van der Waals surface area contributed by atoms with Gasteiger partial charge in [-0.25, -0.2) is 19.3 Å². The van der Waals surface area contributed by atoms with Crippen LogP contribution >= 0.6 is 0 Å². The van der Waals surface area contributed by atoms with Crippen LogP contribution in [0.4, 0.5) is 4.39 Å². The van der Waals surface area contributed by atoms with Crippen molar-refractivity contribution >= 4 is 0 Å². The maximum atomic E-state index is 15.4. The molecule has 0 bridgehead atoms. The molecular weight excluding hydrogens is 343 g/mol. The lowest BCUT2D eigenvalue weighted by Crippen LogP contribution is -2.11. The standard InChI is InChI=1S/C21H21FN4O/c1-13(2)18-8-9-25-21(26-18)27-20-17(14-4-3-5-14)7-6-16(19(20)22)15-10-23-12-24-11-15/h6-14H,3-5H2,1-2H3. The van der Waals surface area contributed by atoms with E-state index < -0.39 is 5.82 Å². The number of halogens is 1. The first kappa shape index (κ1) is 17.5. The van der Waals surface area contributed by atoms with Crippen LogP contribution in [0.15, 0.2) is 43.1 Å². The van der Waals surface area contributed by atoms with Crippen LogP contribution in [-0.2, 0) is 0 Å². The highest BCUT2D eigenvalue weighted by Gasteiger charge is 2.27. The molecular formula is C21H21FN4O. The van der Waals surface area contributed by atoms with Crippen molar-refractivity contribution in [3.05, 3.63) is 60.2 Å². The molecule has 1 aliphatic rings. The van der Waals surface area contributed by atoms with Gasteiger partial charge in [0.1, 0.15) is 6.33 Å². The van der Waals surface area contributed by atoms with Crippen molar-refractivity contribution in [2.45, 2.75) is 44.9 Å². The second-order valence-electron chi connectivity index (χ2n) is 7.12. The number of aromatic nitrogens is 4. The Hall–Kier alpha value is -2.89. The maximum Gasteiger partial charge on any atom is 0.322 e. The van der Waals surface area contributed by atoms with E-state index in [1.54, 1.807) is 24.7 Å². The van der Waals surface area contributed by atoms with Crippen LogP contribution in [-0.4, -0.2) is 19.9 Å². The van der Waals surface area contributed by atoms with Gasteiger partial charge < -0.3 is 4.74 Å². The van der Waals surface area contributed by atoms with E-state index >= 15 is 4.39 Å². The SMILES string of the molecule is CC(C)c1ccnc(Oc2c(C3CCC3)ccc(-c3cncnc3)c2F)n1. The van der Waals surface area contributed by atoms with Crippen molar-refractivity contribution in [2.24, 2.45) is 0 Å². The highest BCUT2D eigenvalue weighted by atomic mass is 19.1. The number of hydrogen-bond acceptors (Lipinski definition) is 5. The first-order valence-corrected chi connectivity index (χ1v) is 9.22. The van der Waals surface area contributed by atoms with E-state index in [1.165, 1.54) is 6.33 Å². The Kier molecular flexibility index (Phi) is 4.79. The highest BCUT2D eigenvalue weighted by molar-refractivity contribution is 5.66. The number of benzene rings is 1. The fourth-order valence-corrected chi connectivity index (χ4v) is 3.19. The Labute approximate surface area is 157 Å². The average Bonchev–Trinajstić information content (AvgIpc) is 2.64. The molecule has 0 aliphatic heterocycles. The topological polar surface area (TPSA) is 60.8 Å². The summed E-state index contributed by atoms with van der Waals surface area (Å²) in [6.45, 7) is 4.09. The Morgan fingerprint density at radius 2 is 1.89 bits per heavy atom. The summed E-state index contributed by atoms with van der Waals surface area (Å²) in [4.78, 5) is 16.6. The zero-order valence-electron chi connectivity index (χ0n) is 15.4. The Morgan fingerprint density at radius 3 is 2.56 bits per heavy atom. The van der Waals surface area contributed by atoms with E-state index in [0.717, 1.165) is 30.5 Å². The van der Waals surface area contributed by atoms with Crippen LogP contribution in [0.2, 0.25) is 0 Å². The van der Waals surface area contributed by atoms with Crippen LogP contribution in [0.25, 0.3) is 11.1 Å². The molecule has 1 aromatic carbocycles. The monoisotopic (exact) mass is 364 g/mol. The summed E-state index contributed by atoms with van der Waals surface area (Å²) >= 11 is 0. The van der Waals surface area contributed by atoms with E-state index in [0.29, 0.717) is 17.0 Å². The molecule has 0 unspecified atom stereocenters. The number of ether oxygens (including phenoxy) is 1. The molecule has 6 heteroatoms. The fourth-order valence-electron chi connectivity index (χ4n) is 3.19. The van der Waals surface area contributed by atoms with Crippen molar-refractivity contribution in [1.29, 1.82) is 0 Å². The van der Waals surface area contributed by atoms with Crippen molar-refractivity contribution in [3.8, 4) is 22.9 Å². The second kappa shape index (κ2) is 7.39. The Morgan fingerprint density at radius 1 is 1.11 bits per heavy atom. The summed E-state index contributed by atoms with van der Waals surface area (Å²) in [5, 5.41) is 0. The Balaban J connectivity index is 1.78. The molecule has 27 heavy (non-hydrogen) atoms. The van der Waals surface area contributed by atoms with Crippen molar-refractivity contribution in [3.63, 3.8) is 0 Å². The molecule has 4 rings (SSSR count). The van der Waals surface area contributed by atoms with Gasteiger partial charge in [0, 0.05) is 35.3 Å². The zero-order chi connectivity index (χ0) is 18.8. The first-order valence-electron chi connectivity index (χ1n) is 9.22. The summed E-state index contributed by atoms with van der Waals surface area (Å²) in [5.41, 5.74) is 2.75. The minimum absolute atomic E-state index is 0.169. The number of hydrogen-bond donors (Lipinski definition) is 0. The molecule has 0 spiro atoms. The van der Waals surface area contributed by atoms with Gasteiger partial charge in [0.15, 0.2) is 11.6 Å². The van der Waals surface area contributed by atoms with E-state index in [9.17, 15) is 0 Å². The van der Waals surface area contributed by atoms with E-state index in [1.807, 2.05) is 26.0 Å². The Bertz CT molecular complexity index is 942. The third-order valence-electron chi connectivity index (χ3n) is 4.98. The van der Waals surface area contributed by atoms with E-state index in [-0.39, 0.29) is 17.7 Å². The summed E-state index contributed by atoms with van der Waals surface area (Å²) in [6.07, 6.45) is 9.48. The van der Waals surface area contributed by atoms with Gasteiger partial charge in [-0.3, -0.25) is 0 Å². The normalized spacial score (nSPS) is 14.2. The minimum atomic E-state index is -0.423. The van der Waals surface area contributed by atoms with Crippen LogP contribution < -0.4 is 4.74 Å². The van der Waals surface area contributed by atoms with E-state index in [4.69, 9.17) is 4.74 Å². The molecule has 2 heterocycles. The van der Waals surface area contributed by atoms with Gasteiger partial charge in [-0.2, -0.15) is 4.98 Å². The average molecular weight is 364 g/mol. The van der Waals surface area contributed by atoms with Gasteiger partial charge in [-0.1, -0.05) is 32.4 Å². The number of nitrogens with zero attached hydrogens (tertiary/aromatic N) is 4. The molecule has 0 radical (unpaired) electrons. The fraction of sp³-hybridized carbons (Fsp3) is 0.333. The summed E-state index contributed by atoms with van der Waals surface area (Å²) in [6, 6.07) is 5.73. The van der Waals surface area contributed by atoms with Crippen molar-refractivity contribution < 1.29 is 9.13 Å². The van der Waals surface area contributed by atoms with Crippen molar-refractivity contribution in [1.82, 2.24) is 19.9 Å². The quantitative estimate of drug-likeness (QED) is 0.618. The van der Waals surface area contributed by atoms with Crippen molar-refractivity contribution in [2.75, 3.05) is 0 Å². The molecule has 138 valence electrons. The molecule has 1 saturated carbocycles. The summed E-state index contributed by atoms with van der Waals surface area (Å²) in [5.74, 6) is 0.331. The predicted octanol–water partition coefficient (Wildman–Crippen LogP) is 5.26. The second-order valence-corrected chi connectivity index (χ2v) is 7.12. The first-order chi connectivity index (χ1) is 13.1. The maximum absolute atomic E-state index is 15.4. The van der Waals surface area contributed by atoms with Gasteiger partial charge in [0.05, 0.1) is 5.69 Å². The molecule has 0 amide bonds. The van der Waals surface area contributed by atoms with Crippen LogP contribution in [0.3, 0.4) is 0 Å². The minimum Gasteiger partial charge on any atom is -0.421 e. The molecule has 0 saturated heterocycles. The van der Waals surface area contributed by atoms with Gasteiger partial charge in [0.25, 0.3) is 0 Å². The van der Waals surface area contributed by atoms with Gasteiger partial charge in [-0.05, 0) is 30.7 Å². The van der Waals surface area contributed by atoms with Crippen LogP contribution in [0.5, 0.6) is 11.8 Å². The molecule has 1 aliphatic carbocycles. The zero-order valence-corrected chi connectivity index (χ0v) is 15.4. The smallest absolute Gasteiger partial charge is 0.322 e. The van der Waals surface area contributed by atoms with Crippen LogP contribution in [0, 0.1) is 5.82 Å². The van der Waals surface area contributed by atoms with Gasteiger partial charge in [0.2, 0.25) is 0 Å². The summed E-state index contributed by atoms with van der Waals surface area (Å²) < 4.78 is 21.4. The van der Waals surface area contributed by atoms with Gasteiger partial charge >= 0.3 is 6.01 Å².